The summed E-state index contributed by atoms with van der Waals surface area (Å²) >= 11 is 1.06. The average Bonchev–Trinajstić information content (AvgIpc) is 3.26. The molecule has 1 aromatic carbocycles. The first-order valence-corrected chi connectivity index (χ1v) is 9.72. The lowest BCUT2D eigenvalue weighted by Gasteiger charge is -1.99. The molecule has 0 unspecified atom stereocenters. The Morgan fingerprint density at radius 3 is 2.72 bits per heavy atom. The van der Waals surface area contributed by atoms with E-state index in [2.05, 4.69) is 11.1 Å². The van der Waals surface area contributed by atoms with E-state index < -0.39 is 11.8 Å². The third-order valence-corrected chi connectivity index (χ3v) is 5.73. The van der Waals surface area contributed by atoms with E-state index in [9.17, 15) is 20.1 Å². The first kappa shape index (κ1) is 20.1. The van der Waals surface area contributed by atoms with Crippen molar-refractivity contribution in [2.45, 2.75) is 20.3 Å². The number of benzene rings is 1. The van der Waals surface area contributed by atoms with Crippen LogP contribution in [0.4, 0.5) is 0 Å². The topological polar surface area (TPSA) is 107 Å². The van der Waals surface area contributed by atoms with Crippen molar-refractivity contribution in [3.8, 4) is 12.1 Å². The first-order valence-electron chi connectivity index (χ1n) is 8.90. The molecular formula is C22H17N3O3S. The summed E-state index contributed by atoms with van der Waals surface area (Å²) in [4.78, 5) is 28.7. The van der Waals surface area contributed by atoms with Crippen molar-refractivity contribution in [1.82, 2.24) is 4.98 Å². The number of aromatic amines is 1. The molecule has 0 spiro atoms. The molecule has 7 heteroatoms. The number of allylic oxidation sites excluding steroid dienone is 1. The predicted octanol–water partition coefficient (Wildman–Crippen LogP) is 4.30. The summed E-state index contributed by atoms with van der Waals surface area (Å²) in [5.41, 5.74) is 2.42. The molecule has 1 N–H and O–H groups in total. The van der Waals surface area contributed by atoms with E-state index >= 15 is 0 Å². The van der Waals surface area contributed by atoms with Crippen LogP contribution in [0.5, 0.6) is 0 Å². The Hall–Kier alpha value is -3.68. The second-order valence-corrected chi connectivity index (χ2v) is 7.35. The van der Waals surface area contributed by atoms with Crippen molar-refractivity contribution in [2.75, 3.05) is 6.61 Å². The summed E-state index contributed by atoms with van der Waals surface area (Å²) in [5, 5.41) is 19.9. The normalized spacial score (nSPS) is 11.1. The molecule has 29 heavy (non-hydrogen) atoms. The molecule has 3 rings (SSSR count). The van der Waals surface area contributed by atoms with Crippen molar-refractivity contribution in [2.24, 2.45) is 0 Å². The number of nitriles is 2. The number of hydrogen-bond donors (Lipinski definition) is 1. The Bertz CT molecular complexity index is 1220. The summed E-state index contributed by atoms with van der Waals surface area (Å²) in [6.07, 6.45) is 3.15. The molecule has 0 saturated heterocycles. The minimum atomic E-state index is -0.514. The second kappa shape index (κ2) is 8.55. The Kier molecular flexibility index (Phi) is 5.92. The maximum atomic E-state index is 12.8. The van der Waals surface area contributed by atoms with Gasteiger partial charge in [0.25, 0.3) is 0 Å². The van der Waals surface area contributed by atoms with Crippen LogP contribution in [-0.4, -0.2) is 23.3 Å². The van der Waals surface area contributed by atoms with Gasteiger partial charge >= 0.3 is 5.97 Å². The van der Waals surface area contributed by atoms with E-state index in [0.717, 1.165) is 27.8 Å². The van der Waals surface area contributed by atoms with Gasteiger partial charge in [0.15, 0.2) is 5.78 Å². The molecule has 0 amide bonds. The second-order valence-electron chi connectivity index (χ2n) is 6.25. The van der Waals surface area contributed by atoms with Crippen LogP contribution in [0.2, 0.25) is 0 Å². The number of carbonyl (C=O) groups excluding carboxylic acids is 2. The molecule has 3 aromatic rings. The van der Waals surface area contributed by atoms with E-state index in [0.29, 0.717) is 15.3 Å². The molecule has 0 aliphatic heterocycles. The molecule has 0 bridgehead atoms. The number of fused-ring (bicyclic) bond motifs is 1. The molecule has 0 atom stereocenters. The van der Waals surface area contributed by atoms with Gasteiger partial charge in [-0.05, 0) is 31.6 Å². The van der Waals surface area contributed by atoms with E-state index in [-0.39, 0.29) is 24.2 Å². The number of carbonyl (C=O) groups is 2. The number of rotatable bonds is 6. The smallest absolute Gasteiger partial charge is 0.348 e. The third-order valence-electron chi connectivity index (χ3n) is 4.46. The van der Waals surface area contributed by atoms with Gasteiger partial charge in [-0.25, -0.2) is 4.79 Å². The number of thiophene rings is 1. The number of aromatic nitrogens is 1. The van der Waals surface area contributed by atoms with Crippen LogP contribution >= 0.6 is 11.3 Å². The van der Waals surface area contributed by atoms with Gasteiger partial charge in [-0.2, -0.15) is 10.5 Å². The third kappa shape index (κ3) is 3.96. The molecule has 2 aromatic heterocycles. The molecule has 2 heterocycles. The van der Waals surface area contributed by atoms with Gasteiger partial charge in [-0.15, -0.1) is 11.3 Å². The average molecular weight is 403 g/mol. The van der Waals surface area contributed by atoms with Crippen molar-refractivity contribution >= 4 is 40.1 Å². The fourth-order valence-electron chi connectivity index (χ4n) is 3.02. The van der Waals surface area contributed by atoms with Crippen LogP contribution < -0.4 is 0 Å². The zero-order valence-electron chi connectivity index (χ0n) is 15.9. The highest BCUT2D eigenvalue weighted by Crippen LogP contribution is 2.30. The SMILES string of the molecule is CCOC(=O)c1sc(CC(=O)/C(C#N)=C/c2c[nH]c3ccccc23)c(C#N)c1C. The van der Waals surface area contributed by atoms with Gasteiger partial charge < -0.3 is 9.72 Å². The number of nitrogens with one attached hydrogen (secondary N) is 1. The Morgan fingerprint density at radius 1 is 1.28 bits per heavy atom. The number of ketones is 1. The minimum absolute atomic E-state index is 0.0117. The van der Waals surface area contributed by atoms with Crippen LogP contribution in [-0.2, 0) is 16.0 Å². The van der Waals surface area contributed by atoms with Gasteiger partial charge in [0.05, 0.1) is 17.7 Å². The number of para-hydroxylation sites is 1. The molecule has 6 nitrogen and oxygen atoms in total. The molecule has 144 valence electrons. The number of Topliss-reactive ketones (excluding diaryl/α,β-unsaturated/α-hetero) is 1. The fourth-order valence-corrected chi connectivity index (χ4v) is 4.17. The molecular weight excluding hydrogens is 386 g/mol. The Balaban J connectivity index is 1.93. The predicted molar refractivity (Wildman–Crippen MR) is 110 cm³/mol. The number of esters is 1. The lowest BCUT2D eigenvalue weighted by molar-refractivity contribution is -0.114. The van der Waals surface area contributed by atoms with E-state index in [1.807, 2.05) is 30.3 Å². The summed E-state index contributed by atoms with van der Waals surface area (Å²) in [5.74, 6) is -0.925. The van der Waals surface area contributed by atoms with Gasteiger partial charge in [-0.1, -0.05) is 18.2 Å². The zero-order valence-corrected chi connectivity index (χ0v) is 16.7. The highest BCUT2D eigenvalue weighted by molar-refractivity contribution is 7.14. The summed E-state index contributed by atoms with van der Waals surface area (Å²) in [6.45, 7) is 3.58. The molecule has 0 saturated carbocycles. The number of H-pyrrole nitrogens is 1. The largest absolute Gasteiger partial charge is 0.462 e. The fraction of sp³-hybridized carbons (Fsp3) is 0.182. The maximum Gasteiger partial charge on any atom is 0.348 e. The van der Waals surface area contributed by atoms with Crippen LogP contribution in [0.1, 0.15) is 38.2 Å². The van der Waals surface area contributed by atoms with Crippen LogP contribution in [0.15, 0.2) is 36.0 Å². The van der Waals surface area contributed by atoms with E-state index in [1.165, 1.54) is 0 Å². The Morgan fingerprint density at radius 2 is 2.03 bits per heavy atom. The lowest BCUT2D eigenvalue weighted by atomic mass is 10.0. The zero-order chi connectivity index (χ0) is 21.0. The van der Waals surface area contributed by atoms with Crippen molar-refractivity contribution in [3.05, 3.63) is 62.5 Å². The Labute approximate surface area is 171 Å². The highest BCUT2D eigenvalue weighted by atomic mass is 32.1. The van der Waals surface area contributed by atoms with Gasteiger partial charge in [0.1, 0.15) is 17.0 Å². The summed E-state index contributed by atoms with van der Waals surface area (Å²) < 4.78 is 5.02. The van der Waals surface area contributed by atoms with Gasteiger partial charge in [-0.3, -0.25) is 4.79 Å². The quantitative estimate of drug-likeness (QED) is 0.375. The van der Waals surface area contributed by atoms with Gasteiger partial charge in [0, 0.05) is 34.0 Å². The highest BCUT2D eigenvalue weighted by Gasteiger charge is 2.23. The first-order chi connectivity index (χ1) is 14.0. The summed E-state index contributed by atoms with van der Waals surface area (Å²) in [7, 11) is 0. The number of ether oxygens (including phenoxy) is 1. The van der Waals surface area contributed by atoms with Gasteiger partial charge in [0.2, 0.25) is 0 Å². The van der Waals surface area contributed by atoms with Crippen molar-refractivity contribution < 1.29 is 14.3 Å². The standard InChI is InChI=1S/C22H17N3O3S/c1-3-28-22(27)21-13(2)17(11-24)20(29-21)9-19(26)14(10-23)8-15-12-25-18-7-5-4-6-16(15)18/h4-8,12,25H,3,9H2,1-2H3/b14-8+. The molecule has 0 radical (unpaired) electrons. The monoisotopic (exact) mass is 403 g/mol. The molecule has 0 aliphatic rings. The van der Waals surface area contributed by atoms with Crippen molar-refractivity contribution in [1.29, 1.82) is 10.5 Å². The number of hydrogen-bond acceptors (Lipinski definition) is 6. The summed E-state index contributed by atoms with van der Waals surface area (Å²) in [6, 6.07) is 11.6. The van der Waals surface area contributed by atoms with E-state index in [4.69, 9.17) is 4.74 Å². The molecule has 0 aliphatic carbocycles. The molecule has 0 fully saturated rings. The van der Waals surface area contributed by atoms with Crippen molar-refractivity contribution in [3.63, 3.8) is 0 Å². The van der Waals surface area contributed by atoms with Crippen LogP contribution in [0, 0.1) is 29.6 Å². The van der Waals surface area contributed by atoms with Crippen LogP contribution in [0.25, 0.3) is 17.0 Å². The maximum absolute atomic E-state index is 12.8. The minimum Gasteiger partial charge on any atom is -0.462 e. The van der Waals surface area contributed by atoms with E-state index in [1.54, 1.807) is 26.1 Å². The number of nitrogens with zero attached hydrogens (tertiary/aromatic N) is 2. The van der Waals surface area contributed by atoms with Crippen LogP contribution in [0.3, 0.4) is 0 Å². The lowest BCUT2D eigenvalue weighted by Crippen LogP contribution is -2.05.